The zero-order valence-corrected chi connectivity index (χ0v) is 25.6. The molecule has 1 N–H and O–H groups in total. The van der Waals surface area contributed by atoms with E-state index in [1.807, 2.05) is 39.8 Å². The van der Waals surface area contributed by atoms with E-state index in [0.29, 0.717) is 33.3 Å². The van der Waals surface area contributed by atoms with E-state index in [1.165, 1.54) is 17.0 Å². The Hall–Kier alpha value is -3.07. The van der Waals surface area contributed by atoms with Gasteiger partial charge in [-0.15, -0.1) is 0 Å². The number of nitrogens with zero attached hydrogens (tertiary/aromatic N) is 2. The fraction of sp³-hybridized carbons (Fsp3) is 0.333. The molecule has 40 heavy (non-hydrogen) atoms. The van der Waals surface area contributed by atoms with Crippen LogP contribution in [0.2, 0.25) is 10.0 Å². The van der Waals surface area contributed by atoms with Gasteiger partial charge < -0.3 is 10.2 Å². The normalized spacial score (nSPS) is 12.2. The molecular formula is C30H35Cl2N3O4S. The lowest BCUT2D eigenvalue weighted by Crippen LogP contribution is -2.53. The fourth-order valence-electron chi connectivity index (χ4n) is 4.36. The molecule has 0 saturated heterocycles. The second kappa shape index (κ2) is 13.5. The lowest BCUT2D eigenvalue weighted by Gasteiger charge is -2.34. The molecule has 0 unspecified atom stereocenters. The Balaban J connectivity index is 2.11. The topological polar surface area (TPSA) is 86.8 Å². The molecule has 0 spiro atoms. The predicted molar refractivity (Wildman–Crippen MR) is 161 cm³/mol. The van der Waals surface area contributed by atoms with Crippen molar-refractivity contribution in [3.63, 3.8) is 0 Å². The number of nitrogens with one attached hydrogen (secondary N) is 1. The fourth-order valence-corrected chi connectivity index (χ4v) is 6.17. The number of halogens is 2. The van der Waals surface area contributed by atoms with Crippen molar-refractivity contribution >= 4 is 50.7 Å². The van der Waals surface area contributed by atoms with Crippen molar-refractivity contribution in [2.24, 2.45) is 0 Å². The molecule has 1 atom stereocenters. The van der Waals surface area contributed by atoms with Gasteiger partial charge in [-0.25, -0.2) is 8.42 Å². The highest BCUT2D eigenvalue weighted by molar-refractivity contribution is 7.92. The lowest BCUT2D eigenvalue weighted by atomic mass is 10.1. The van der Waals surface area contributed by atoms with E-state index in [1.54, 1.807) is 49.4 Å². The minimum atomic E-state index is -4.13. The number of carbonyl (C=O) groups is 2. The summed E-state index contributed by atoms with van der Waals surface area (Å²) in [6, 6.07) is 17.4. The van der Waals surface area contributed by atoms with E-state index < -0.39 is 28.5 Å². The molecule has 2 amide bonds. The van der Waals surface area contributed by atoms with Crippen molar-refractivity contribution in [1.82, 2.24) is 10.2 Å². The number of benzene rings is 3. The summed E-state index contributed by atoms with van der Waals surface area (Å²) in [5.74, 6) is -0.854. The number of rotatable bonds is 11. The van der Waals surface area contributed by atoms with Crippen LogP contribution in [-0.4, -0.2) is 43.8 Å². The summed E-state index contributed by atoms with van der Waals surface area (Å²) in [6.45, 7) is 8.67. The second-order valence-corrected chi connectivity index (χ2v) is 12.6. The zero-order chi connectivity index (χ0) is 29.6. The highest BCUT2D eigenvalue weighted by atomic mass is 35.5. The molecule has 0 aliphatic rings. The summed E-state index contributed by atoms with van der Waals surface area (Å²) in [6.07, 6.45) is 0.320. The summed E-state index contributed by atoms with van der Waals surface area (Å²) in [5, 5.41) is 3.56. The maximum atomic E-state index is 14.1. The number of aryl methyl sites for hydroxylation is 2. The molecular weight excluding hydrogens is 569 g/mol. The maximum absolute atomic E-state index is 14.1. The molecule has 0 aliphatic heterocycles. The third-order valence-corrected chi connectivity index (χ3v) is 8.91. The molecule has 10 heteroatoms. The summed E-state index contributed by atoms with van der Waals surface area (Å²) >= 11 is 12.3. The van der Waals surface area contributed by atoms with Crippen LogP contribution in [0.25, 0.3) is 0 Å². The van der Waals surface area contributed by atoms with Gasteiger partial charge in [0.05, 0.1) is 20.6 Å². The third kappa shape index (κ3) is 7.56. The average Bonchev–Trinajstić information content (AvgIpc) is 2.90. The van der Waals surface area contributed by atoms with E-state index in [-0.39, 0.29) is 23.4 Å². The van der Waals surface area contributed by atoms with Crippen LogP contribution < -0.4 is 9.62 Å². The highest BCUT2D eigenvalue weighted by Crippen LogP contribution is 2.29. The van der Waals surface area contributed by atoms with Crippen molar-refractivity contribution in [3.05, 3.63) is 93.5 Å². The van der Waals surface area contributed by atoms with E-state index in [9.17, 15) is 18.0 Å². The number of anilines is 1. The number of hydrogen-bond donors (Lipinski definition) is 1. The number of hydrogen-bond acceptors (Lipinski definition) is 4. The zero-order valence-electron chi connectivity index (χ0n) is 23.3. The SMILES string of the molecule is CC[C@@H](C(=O)NC(C)C)N(Cc1ccc(Cl)c(Cl)c1)C(=O)CN(c1cc(C)ccc1C)S(=O)(=O)c1ccccc1. The predicted octanol–water partition coefficient (Wildman–Crippen LogP) is 6.14. The van der Waals surface area contributed by atoms with Gasteiger partial charge in [0.2, 0.25) is 11.8 Å². The Labute approximate surface area is 247 Å². The monoisotopic (exact) mass is 603 g/mol. The van der Waals surface area contributed by atoms with Gasteiger partial charge in [-0.2, -0.15) is 0 Å². The minimum Gasteiger partial charge on any atom is -0.352 e. The first-order chi connectivity index (χ1) is 18.8. The smallest absolute Gasteiger partial charge is 0.264 e. The first-order valence-electron chi connectivity index (χ1n) is 13.0. The van der Waals surface area contributed by atoms with Crippen molar-refractivity contribution in [2.45, 2.75) is 64.6 Å². The van der Waals surface area contributed by atoms with E-state index >= 15 is 0 Å². The van der Waals surface area contributed by atoms with Crippen LogP contribution in [0, 0.1) is 13.8 Å². The molecule has 0 heterocycles. The van der Waals surface area contributed by atoms with E-state index in [2.05, 4.69) is 5.32 Å². The van der Waals surface area contributed by atoms with Crippen molar-refractivity contribution < 1.29 is 18.0 Å². The third-order valence-electron chi connectivity index (χ3n) is 6.40. The van der Waals surface area contributed by atoms with Gasteiger partial charge in [0.25, 0.3) is 10.0 Å². The Morgan fingerprint density at radius 3 is 2.20 bits per heavy atom. The Kier molecular flexibility index (Phi) is 10.6. The van der Waals surface area contributed by atoms with Gasteiger partial charge in [-0.1, -0.05) is 66.5 Å². The largest absolute Gasteiger partial charge is 0.352 e. The van der Waals surface area contributed by atoms with Crippen LogP contribution in [0.3, 0.4) is 0 Å². The minimum absolute atomic E-state index is 0.0335. The van der Waals surface area contributed by atoms with E-state index in [0.717, 1.165) is 9.87 Å². The molecule has 0 aromatic heterocycles. The van der Waals surface area contributed by atoms with Crippen LogP contribution in [0.4, 0.5) is 5.69 Å². The Morgan fingerprint density at radius 2 is 1.60 bits per heavy atom. The number of amides is 2. The van der Waals surface area contributed by atoms with Gasteiger partial charge in [0.1, 0.15) is 12.6 Å². The number of carbonyl (C=O) groups excluding carboxylic acids is 2. The molecule has 7 nitrogen and oxygen atoms in total. The molecule has 3 aromatic carbocycles. The van der Waals surface area contributed by atoms with Crippen LogP contribution in [0.1, 0.15) is 43.9 Å². The molecule has 0 saturated carbocycles. The quantitative estimate of drug-likeness (QED) is 0.285. The molecule has 0 fully saturated rings. The first-order valence-corrected chi connectivity index (χ1v) is 15.2. The van der Waals surface area contributed by atoms with Crippen LogP contribution in [0.5, 0.6) is 0 Å². The molecule has 0 bridgehead atoms. The molecule has 214 valence electrons. The van der Waals surface area contributed by atoms with Gasteiger partial charge in [0.15, 0.2) is 0 Å². The van der Waals surface area contributed by atoms with Gasteiger partial charge >= 0.3 is 0 Å². The lowest BCUT2D eigenvalue weighted by molar-refractivity contribution is -0.140. The standard InChI is InChI=1S/C30H35Cl2N3O4S/c1-6-27(30(37)33-20(2)3)34(18-23-14-15-25(31)26(32)17-23)29(36)19-35(28-16-21(4)12-13-22(28)5)40(38,39)24-10-8-7-9-11-24/h7-17,20,27H,6,18-19H2,1-5H3,(H,33,37)/t27-/m0/s1. The van der Waals surface area contributed by atoms with E-state index in [4.69, 9.17) is 23.2 Å². The molecule has 0 aliphatic carbocycles. The van der Waals surface area contributed by atoms with Gasteiger partial charge in [0, 0.05) is 12.6 Å². The Bertz CT molecular complexity index is 1460. The molecule has 3 aromatic rings. The molecule has 3 rings (SSSR count). The van der Waals surface area contributed by atoms with Crippen LogP contribution in [0.15, 0.2) is 71.6 Å². The Morgan fingerprint density at radius 1 is 0.925 bits per heavy atom. The highest BCUT2D eigenvalue weighted by Gasteiger charge is 2.34. The summed E-state index contributed by atoms with van der Waals surface area (Å²) in [7, 11) is -4.13. The van der Waals surface area contributed by atoms with Gasteiger partial charge in [-0.05, 0) is 81.1 Å². The van der Waals surface area contributed by atoms with Gasteiger partial charge in [-0.3, -0.25) is 13.9 Å². The van der Waals surface area contributed by atoms with Crippen molar-refractivity contribution in [2.75, 3.05) is 10.8 Å². The first kappa shape index (κ1) is 31.5. The summed E-state index contributed by atoms with van der Waals surface area (Å²) < 4.78 is 29.0. The summed E-state index contributed by atoms with van der Waals surface area (Å²) in [5.41, 5.74) is 2.59. The van der Waals surface area contributed by atoms with Crippen molar-refractivity contribution in [3.8, 4) is 0 Å². The average molecular weight is 605 g/mol. The number of sulfonamides is 1. The van der Waals surface area contributed by atoms with Crippen LogP contribution in [-0.2, 0) is 26.2 Å². The summed E-state index contributed by atoms with van der Waals surface area (Å²) in [4.78, 5) is 28.8. The van der Waals surface area contributed by atoms with Crippen LogP contribution >= 0.6 is 23.2 Å². The molecule has 0 radical (unpaired) electrons. The maximum Gasteiger partial charge on any atom is 0.264 e. The van der Waals surface area contributed by atoms with Crippen molar-refractivity contribution in [1.29, 1.82) is 0 Å². The second-order valence-electron chi connectivity index (χ2n) is 9.97.